The van der Waals surface area contributed by atoms with E-state index in [1.807, 2.05) is 13.8 Å². The Bertz CT molecular complexity index is 301. The van der Waals surface area contributed by atoms with Crippen molar-refractivity contribution in [1.82, 2.24) is 0 Å². The van der Waals surface area contributed by atoms with Gasteiger partial charge in [-0.25, -0.2) is 4.79 Å². The molecule has 0 unspecified atom stereocenters. The average molecular weight is 198 g/mol. The van der Waals surface area contributed by atoms with E-state index in [1.54, 1.807) is 0 Å². The number of rotatable bonds is 5. The topological polar surface area (TPSA) is 59.7 Å². The first-order chi connectivity index (χ1) is 6.59. The fourth-order valence-corrected chi connectivity index (χ4v) is 0.964. The molecule has 0 aromatic carbocycles. The van der Waals surface area contributed by atoms with Crippen LogP contribution in [-0.2, 0) is 11.3 Å². The van der Waals surface area contributed by atoms with Crippen LogP contribution in [0.15, 0.2) is 16.7 Å². The summed E-state index contributed by atoms with van der Waals surface area (Å²) in [7, 11) is 0. The van der Waals surface area contributed by atoms with Gasteiger partial charge in [-0.15, -0.1) is 0 Å². The van der Waals surface area contributed by atoms with Crippen molar-refractivity contribution in [3.05, 3.63) is 23.7 Å². The van der Waals surface area contributed by atoms with Gasteiger partial charge in [0.05, 0.1) is 5.56 Å². The highest BCUT2D eigenvalue weighted by Crippen LogP contribution is 2.09. The standard InChI is InChI=1S/C10H14O4/c1-7(2)4-13-6-9-3-8(5-14-9)10(11)12/h3,5,7H,4,6H2,1-2H3,(H,11,12). The number of carbonyl (C=O) groups is 1. The zero-order valence-electron chi connectivity index (χ0n) is 8.32. The van der Waals surface area contributed by atoms with Crippen molar-refractivity contribution in [2.45, 2.75) is 20.5 Å². The van der Waals surface area contributed by atoms with E-state index >= 15 is 0 Å². The third-order valence-corrected chi connectivity index (χ3v) is 1.60. The smallest absolute Gasteiger partial charge is 0.338 e. The lowest BCUT2D eigenvalue weighted by Crippen LogP contribution is -2.01. The van der Waals surface area contributed by atoms with Crippen LogP contribution in [0.2, 0.25) is 0 Å². The zero-order valence-corrected chi connectivity index (χ0v) is 8.32. The van der Waals surface area contributed by atoms with Gasteiger partial charge in [-0.2, -0.15) is 0 Å². The minimum atomic E-state index is -0.983. The van der Waals surface area contributed by atoms with Crippen LogP contribution < -0.4 is 0 Å². The second kappa shape index (κ2) is 4.81. The SMILES string of the molecule is CC(C)COCc1cc(C(=O)O)co1. The van der Waals surface area contributed by atoms with E-state index in [1.165, 1.54) is 12.3 Å². The zero-order chi connectivity index (χ0) is 10.6. The average Bonchev–Trinajstić information content (AvgIpc) is 2.52. The van der Waals surface area contributed by atoms with Gasteiger partial charge >= 0.3 is 5.97 Å². The van der Waals surface area contributed by atoms with Gasteiger partial charge in [0.2, 0.25) is 0 Å². The van der Waals surface area contributed by atoms with Gasteiger partial charge in [0, 0.05) is 6.61 Å². The normalized spacial score (nSPS) is 10.8. The van der Waals surface area contributed by atoms with Gasteiger partial charge in [-0.3, -0.25) is 0 Å². The monoisotopic (exact) mass is 198 g/mol. The summed E-state index contributed by atoms with van der Waals surface area (Å²) in [4.78, 5) is 10.5. The molecule has 1 rings (SSSR count). The molecule has 1 heterocycles. The van der Waals surface area contributed by atoms with E-state index in [4.69, 9.17) is 14.3 Å². The lowest BCUT2D eigenvalue weighted by Gasteiger charge is -2.03. The van der Waals surface area contributed by atoms with Crippen LogP contribution in [0.3, 0.4) is 0 Å². The van der Waals surface area contributed by atoms with Crippen LogP contribution in [0.25, 0.3) is 0 Å². The van der Waals surface area contributed by atoms with Crippen LogP contribution in [0.1, 0.15) is 30.0 Å². The molecule has 0 aliphatic carbocycles. The van der Waals surface area contributed by atoms with Crippen LogP contribution in [0.4, 0.5) is 0 Å². The summed E-state index contributed by atoms with van der Waals surface area (Å²) >= 11 is 0. The Labute approximate surface area is 82.5 Å². The molecule has 0 radical (unpaired) electrons. The highest BCUT2D eigenvalue weighted by atomic mass is 16.5. The summed E-state index contributed by atoms with van der Waals surface area (Å²) in [6.07, 6.45) is 1.22. The molecule has 78 valence electrons. The second-order valence-electron chi connectivity index (χ2n) is 3.52. The first-order valence-corrected chi connectivity index (χ1v) is 4.48. The maximum atomic E-state index is 10.5. The molecule has 14 heavy (non-hydrogen) atoms. The fourth-order valence-electron chi connectivity index (χ4n) is 0.964. The molecule has 0 spiro atoms. The van der Waals surface area contributed by atoms with Gasteiger partial charge in [0.25, 0.3) is 0 Å². The Morgan fingerprint density at radius 1 is 1.64 bits per heavy atom. The van der Waals surface area contributed by atoms with Gasteiger partial charge in [-0.1, -0.05) is 13.8 Å². The van der Waals surface area contributed by atoms with E-state index < -0.39 is 5.97 Å². The van der Waals surface area contributed by atoms with Crippen molar-refractivity contribution in [3.63, 3.8) is 0 Å². The van der Waals surface area contributed by atoms with E-state index in [9.17, 15) is 4.79 Å². The van der Waals surface area contributed by atoms with E-state index in [-0.39, 0.29) is 5.56 Å². The third kappa shape index (κ3) is 3.22. The molecular weight excluding hydrogens is 184 g/mol. The molecule has 1 aromatic rings. The molecule has 1 N–H and O–H groups in total. The molecular formula is C10H14O4. The van der Waals surface area contributed by atoms with Crippen molar-refractivity contribution in [1.29, 1.82) is 0 Å². The van der Waals surface area contributed by atoms with Gasteiger partial charge < -0.3 is 14.3 Å². The summed E-state index contributed by atoms with van der Waals surface area (Å²) in [6, 6.07) is 1.47. The Balaban J connectivity index is 2.40. The van der Waals surface area contributed by atoms with Gasteiger partial charge in [0.15, 0.2) is 0 Å². The van der Waals surface area contributed by atoms with E-state index in [0.717, 1.165) is 0 Å². The highest BCUT2D eigenvalue weighted by Gasteiger charge is 2.07. The molecule has 0 atom stereocenters. The molecule has 1 aromatic heterocycles. The van der Waals surface area contributed by atoms with Crippen molar-refractivity contribution >= 4 is 5.97 Å². The predicted octanol–water partition coefficient (Wildman–Crippen LogP) is 2.15. The number of ether oxygens (including phenoxy) is 1. The van der Waals surface area contributed by atoms with Crippen molar-refractivity contribution in [3.8, 4) is 0 Å². The molecule has 0 fully saturated rings. The number of aromatic carboxylic acids is 1. The van der Waals surface area contributed by atoms with Crippen LogP contribution in [0.5, 0.6) is 0 Å². The van der Waals surface area contributed by atoms with Crippen molar-refractivity contribution in [2.75, 3.05) is 6.61 Å². The predicted molar refractivity (Wildman–Crippen MR) is 50.2 cm³/mol. The van der Waals surface area contributed by atoms with Crippen LogP contribution in [0, 0.1) is 5.92 Å². The van der Waals surface area contributed by atoms with E-state index in [2.05, 4.69) is 0 Å². The second-order valence-corrected chi connectivity index (χ2v) is 3.52. The molecule has 0 aliphatic rings. The van der Waals surface area contributed by atoms with Crippen molar-refractivity contribution in [2.24, 2.45) is 5.92 Å². The van der Waals surface area contributed by atoms with Gasteiger partial charge in [-0.05, 0) is 12.0 Å². The van der Waals surface area contributed by atoms with Gasteiger partial charge in [0.1, 0.15) is 18.6 Å². The third-order valence-electron chi connectivity index (χ3n) is 1.60. The molecule has 0 amide bonds. The largest absolute Gasteiger partial charge is 0.478 e. The summed E-state index contributed by atoms with van der Waals surface area (Å²) in [6.45, 7) is 5.06. The number of hydrogen-bond acceptors (Lipinski definition) is 3. The number of furan rings is 1. The lowest BCUT2D eigenvalue weighted by atomic mass is 10.2. The fraction of sp³-hybridized carbons (Fsp3) is 0.500. The first kappa shape index (κ1) is 10.8. The maximum absolute atomic E-state index is 10.5. The first-order valence-electron chi connectivity index (χ1n) is 4.48. The van der Waals surface area contributed by atoms with Crippen LogP contribution in [-0.4, -0.2) is 17.7 Å². The Morgan fingerprint density at radius 2 is 2.36 bits per heavy atom. The molecule has 0 aliphatic heterocycles. The molecule has 0 bridgehead atoms. The summed E-state index contributed by atoms with van der Waals surface area (Å²) < 4.78 is 10.3. The van der Waals surface area contributed by atoms with Crippen LogP contribution >= 0.6 is 0 Å². The molecule has 0 saturated heterocycles. The quantitative estimate of drug-likeness (QED) is 0.787. The summed E-state index contributed by atoms with van der Waals surface area (Å²) in [5.41, 5.74) is 0.160. The Morgan fingerprint density at radius 3 is 2.86 bits per heavy atom. The van der Waals surface area contributed by atoms with Crippen molar-refractivity contribution < 1.29 is 19.1 Å². The highest BCUT2D eigenvalue weighted by molar-refractivity contribution is 5.87. The Kier molecular flexibility index (Phi) is 3.71. The van der Waals surface area contributed by atoms with E-state index in [0.29, 0.717) is 24.9 Å². The molecule has 0 saturated carbocycles. The molecule has 4 heteroatoms. The maximum Gasteiger partial charge on any atom is 0.338 e. The minimum absolute atomic E-state index is 0.160. The Hall–Kier alpha value is -1.29. The molecule has 4 nitrogen and oxygen atoms in total. The number of hydrogen-bond donors (Lipinski definition) is 1. The minimum Gasteiger partial charge on any atom is -0.478 e. The number of carboxylic acid groups (broad SMARTS) is 1. The number of carboxylic acids is 1. The lowest BCUT2D eigenvalue weighted by molar-refractivity contribution is 0.0696. The summed E-state index contributed by atoms with van der Waals surface area (Å²) in [5, 5.41) is 8.61. The summed E-state index contributed by atoms with van der Waals surface area (Å²) in [5.74, 6) is 0.0239.